The highest BCUT2D eigenvalue weighted by Gasteiger charge is 2.20. The Morgan fingerprint density at radius 3 is 2.58 bits per heavy atom. The fraction of sp³-hybridized carbons (Fsp3) is 0.423. The number of benzene rings is 1. The molecule has 2 amide bonds. The molecule has 3 aromatic rings. The van der Waals surface area contributed by atoms with Gasteiger partial charge in [0.25, 0.3) is 11.8 Å². The lowest BCUT2D eigenvalue weighted by Gasteiger charge is -2.26. The predicted octanol–water partition coefficient (Wildman–Crippen LogP) is 3.50. The molecule has 0 bridgehead atoms. The molecule has 1 aliphatic heterocycles. The minimum absolute atomic E-state index is 0.0416. The minimum Gasteiger partial charge on any atom is -0.351 e. The van der Waals surface area contributed by atoms with Crippen LogP contribution in [0, 0.1) is 0 Å². The molecular formula is C26H31N5O2. The van der Waals surface area contributed by atoms with Crippen LogP contribution in [0.1, 0.15) is 59.2 Å². The van der Waals surface area contributed by atoms with Gasteiger partial charge in [-0.05, 0) is 69.5 Å². The van der Waals surface area contributed by atoms with Gasteiger partial charge in [-0.15, -0.1) is 0 Å². The Morgan fingerprint density at radius 2 is 1.79 bits per heavy atom. The quantitative estimate of drug-likeness (QED) is 0.584. The third kappa shape index (κ3) is 5.09. The molecule has 0 atom stereocenters. The van der Waals surface area contributed by atoms with Crippen molar-refractivity contribution in [2.75, 3.05) is 26.2 Å². The molecule has 5 rings (SSSR count). The Labute approximate surface area is 194 Å². The van der Waals surface area contributed by atoms with Crippen molar-refractivity contribution in [1.82, 2.24) is 24.9 Å². The van der Waals surface area contributed by atoms with Gasteiger partial charge in [-0.1, -0.05) is 18.6 Å². The van der Waals surface area contributed by atoms with Gasteiger partial charge in [0, 0.05) is 42.7 Å². The molecule has 2 fully saturated rings. The molecule has 1 saturated heterocycles. The Hall–Kier alpha value is -3.19. The van der Waals surface area contributed by atoms with Gasteiger partial charge in [0.05, 0.1) is 11.3 Å². The van der Waals surface area contributed by atoms with E-state index >= 15 is 0 Å². The van der Waals surface area contributed by atoms with Gasteiger partial charge in [0.15, 0.2) is 0 Å². The van der Waals surface area contributed by atoms with Crippen molar-refractivity contribution in [3.05, 3.63) is 59.9 Å². The lowest BCUT2D eigenvalue weighted by atomic mass is 9.93. The van der Waals surface area contributed by atoms with Crippen LogP contribution in [-0.2, 0) is 0 Å². The smallest absolute Gasteiger partial charge is 0.252 e. The van der Waals surface area contributed by atoms with E-state index in [1.54, 1.807) is 0 Å². The Balaban J connectivity index is 1.25. The summed E-state index contributed by atoms with van der Waals surface area (Å²) in [5, 5.41) is 6.12. The number of pyridine rings is 1. The van der Waals surface area contributed by atoms with E-state index in [9.17, 15) is 9.59 Å². The van der Waals surface area contributed by atoms with Crippen molar-refractivity contribution in [2.24, 2.45) is 0 Å². The number of rotatable bonds is 7. The van der Waals surface area contributed by atoms with Gasteiger partial charge in [-0.2, -0.15) is 0 Å². The first-order valence-electron chi connectivity index (χ1n) is 12.1. The van der Waals surface area contributed by atoms with E-state index in [1.165, 1.54) is 25.7 Å². The SMILES string of the molecule is O=C(NCCN1CCCCC1)c1cccc(-c2cn3cc(C(=O)NC4CCC4)ccc3n2)c1. The lowest BCUT2D eigenvalue weighted by Crippen LogP contribution is -2.39. The largest absolute Gasteiger partial charge is 0.351 e. The van der Waals surface area contributed by atoms with E-state index in [1.807, 2.05) is 53.2 Å². The summed E-state index contributed by atoms with van der Waals surface area (Å²) in [4.78, 5) is 32.3. The van der Waals surface area contributed by atoms with Gasteiger partial charge in [-0.25, -0.2) is 4.98 Å². The Morgan fingerprint density at radius 1 is 0.939 bits per heavy atom. The van der Waals surface area contributed by atoms with Gasteiger partial charge in [0.2, 0.25) is 0 Å². The summed E-state index contributed by atoms with van der Waals surface area (Å²) in [6, 6.07) is 11.5. The van der Waals surface area contributed by atoms with Crippen molar-refractivity contribution in [3.63, 3.8) is 0 Å². The third-order valence-electron chi connectivity index (χ3n) is 6.74. The molecule has 1 aromatic carbocycles. The molecule has 2 aliphatic rings. The van der Waals surface area contributed by atoms with E-state index in [2.05, 4.69) is 20.5 Å². The monoisotopic (exact) mass is 445 g/mol. The number of nitrogens with one attached hydrogen (secondary N) is 2. The number of carbonyl (C=O) groups is 2. The molecule has 0 radical (unpaired) electrons. The van der Waals surface area contributed by atoms with E-state index in [-0.39, 0.29) is 11.8 Å². The number of fused-ring (bicyclic) bond motifs is 1. The molecular weight excluding hydrogens is 414 g/mol. The van der Waals surface area contributed by atoms with Crippen LogP contribution in [0.3, 0.4) is 0 Å². The van der Waals surface area contributed by atoms with Crippen LogP contribution in [0.2, 0.25) is 0 Å². The van der Waals surface area contributed by atoms with Gasteiger partial charge in [-0.3, -0.25) is 9.59 Å². The summed E-state index contributed by atoms with van der Waals surface area (Å²) >= 11 is 0. The average Bonchev–Trinajstić information content (AvgIpc) is 3.25. The zero-order valence-electron chi connectivity index (χ0n) is 18.9. The van der Waals surface area contributed by atoms with Crippen molar-refractivity contribution in [3.8, 4) is 11.3 Å². The molecule has 2 N–H and O–H groups in total. The number of piperidine rings is 1. The number of hydrogen-bond acceptors (Lipinski definition) is 4. The maximum Gasteiger partial charge on any atom is 0.252 e. The zero-order chi connectivity index (χ0) is 22.6. The van der Waals surface area contributed by atoms with Crippen LogP contribution in [0.25, 0.3) is 16.9 Å². The van der Waals surface area contributed by atoms with Crippen LogP contribution in [0.4, 0.5) is 0 Å². The summed E-state index contributed by atoms with van der Waals surface area (Å²) in [6.07, 6.45) is 10.8. The molecule has 33 heavy (non-hydrogen) atoms. The molecule has 0 spiro atoms. The number of hydrogen-bond donors (Lipinski definition) is 2. The summed E-state index contributed by atoms with van der Waals surface area (Å²) in [7, 11) is 0. The van der Waals surface area contributed by atoms with Crippen LogP contribution in [0.15, 0.2) is 48.8 Å². The zero-order valence-corrected chi connectivity index (χ0v) is 18.9. The number of imidazole rings is 1. The fourth-order valence-corrected chi connectivity index (χ4v) is 4.52. The summed E-state index contributed by atoms with van der Waals surface area (Å²) in [5.41, 5.74) is 3.67. The molecule has 7 nitrogen and oxygen atoms in total. The van der Waals surface area contributed by atoms with Crippen molar-refractivity contribution < 1.29 is 9.59 Å². The maximum absolute atomic E-state index is 12.7. The van der Waals surface area contributed by atoms with Crippen LogP contribution in [-0.4, -0.2) is 58.3 Å². The highest BCUT2D eigenvalue weighted by Crippen LogP contribution is 2.22. The Kier molecular flexibility index (Phi) is 6.39. The van der Waals surface area contributed by atoms with Gasteiger partial charge < -0.3 is 19.9 Å². The topological polar surface area (TPSA) is 78.7 Å². The molecule has 172 valence electrons. The number of likely N-dealkylation sites (tertiary alicyclic amines) is 1. The summed E-state index contributed by atoms with van der Waals surface area (Å²) < 4.78 is 1.87. The van der Waals surface area contributed by atoms with Crippen LogP contribution >= 0.6 is 0 Å². The number of nitrogens with zero attached hydrogens (tertiary/aromatic N) is 3. The molecule has 2 aromatic heterocycles. The van der Waals surface area contributed by atoms with E-state index in [4.69, 9.17) is 0 Å². The lowest BCUT2D eigenvalue weighted by molar-refractivity contribution is 0.0914. The van der Waals surface area contributed by atoms with Gasteiger partial charge in [0.1, 0.15) is 5.65 Å². The maximum atomic E-state index is 12.7. The van der Waals surface area contributed by atoms with E-state index < -0.39 is 0 Å². The predicted molar refractivity (Wildman–Crippen MR) is 128 cm³/mol. The van der Waals surface area contributed by atoms with Crippen molar-refractivity contribution >= 4 is 17.5 Å². The second-order valence-corrected chi connectivity index (χ2v) is 9.15. The second kappa shape index (κ2) is 9.75. The number of amides is 2. The van der Waals surface area contributed by atoms with Crippen LogP contribution < -0.4 is 10.6 Å². The molecule has 3 heterocycles. The molecule has 1 saturated carbocycles. The minimum atomic E-state index is -0.0624. The number of aromatic nitrogens is 2. The highest BCUT2D eigenvalue weighted by atomic mass is 16.2. The van der Waals surface area contributed by atoms with Gasteiger partial charge >= 0.3 is 0 Å². The summed E-state index contributed by atoms with van der Waals surface area (Å²) in [5.74, 6) is -0.104. The second-order valence-electron chi connectivity index (χ2n) is 9.15. The summed E-state index contributed by atoms with van der Waals surface area (Å²) in [6.45, 7) is 3.81. The normalized spacial score (nSPS) is 17.0. The van der Waals surface area contributed by atoms with E-state index in [0.29, 0.717) is 23.7 Å². The fourth-order valence-electron chi connectivity index (χ4n) is 4.52. The van der Waals surface area contributed by atoms with E-state index in [0.717, 1.165) is 49.4 Å². The van der Waals surface area contributed by atoms with Crippen LogP contribution in [0.5, 0.6) is 0 Å². The first kappa shape index (κ1) is 21.6. The highest BCUT2D eigenvalue weighted by molar-refractivity contribution is 5.95. The number of carbonyl (C=O) groups excluding carboxylic acids is 2. The van der Waals surface area contributed by atoms with Crippen molar-refractivity contribution in [1.29, 1.82) is 0 Å². The standard InChI is InChI=1S/C26H31N5O2/c32-25(27-12-15-30-13-2-1-3-14-30)20-7-4-6-19(16-20)23-18-31-17-21(10-11-24(31)29-23)26(33)28-22-8-5-9-22/h4,6-7,10-11,16-18,22H,1-3,5,8-9,12-15H2,(H,27,32)(H,28,33). The Bertz CT molecular complexity index is 1140. The molecule has 1 aliphatic carbocycles. The first-order chi connectivity index (χ1) is 16.2. The average molecular weight is 446 g/mol. The molecule has 0 unspecified atom stereocenters. The van der Waals surface area contributed by atoms with Crippen molar-refractivity contribution in [2.45, 2.75) is 44.6 Å². The third-order valence-corrected chi connectivity index (χ3v) is 6.74. The molecule has 7 heteroatoms. The first-order valence-corrected chi connectivity index (χ1v) is 12.1.